The van der Waals surface area contributed by atoms with Crippen LogP contribution in [0.5, 0.6) is 0 Å². The van der Waals surface area contributed by atoms with E-state index in [1.54, 1.807) is 0 Å². The lowest BCUT2D eigenvalue weighted by Crippen LogP contribution is -2.45. The Labute approximate surface area is 85.1 Å². The summed E-state index contributed by atoms with van der Waals surface area (Å²) in [4.78, 5) is 13.6. The molecule has 1 amide bonds. The van der Waals surface area contributed by atoms with Crippen molar-refractivity contribution < 1.29 is 9.90 Å². The number of rotatable bonds is 2. The molecule has 1 aliphatic carbocycles. The fraction of sp³-hybridized carbons (Fsp3) is 0.909. The summed E-state index contributed by atoms with van der Waals surface area (Å²) in [5.41, 5.74) is 0. The number of piperidine rings is 1. The number of hydrogen-bond donors (Lipinski definition) is 1. The Morgan fingerprint density at radius 2 is 2.14 bits per heavy atom. The summed E-state index contributed by atoms with van der Waals surface area (Å²) >= 11 is 0. The van der Waals surface area contributed by atoms with Crippen molar-refractivity contribution in [3.63, 3.8) is 0 Å². The number of hydrogen-bond acceptors (Lipinski definition) is 2. The standard InChI is InChI=1S/C11H19NO2/c1-8-4-5-12(7-10(8)13)11(14)6-9-2-3-9/h8-10,13H,2-7H2,1H3. The fourth-order valence-corrected chi connectivity index (χ4v) is 1.97. The minimum absolute atomic E-state index is 0.249. The molecule has 3 heteroatoms. The molecule has 2 fully saturated rings. The molecule has 0 aromatic carbocycles. The van der Waals surface area contributed by atoms with Crippen LogP contribution in [0, 0.1) is 11.8 Å². The van der Waals surface area contributed by atoms with Gasteiger partial charge in [-0.05, 0) is 31.1 Å². The Hall–Kier alpha value is -0.570. The number of nitrogens with zero attached hydrogens (tertiary/aromatic N) is 1. The summed E-state index contributed by atoms with van der Waals surface area (Å²) in [5, 5.41) is 9.65. The largest absolute Gasteiger partial charge is 0.391 e. The molecule has 0 radical (unpaired) electrons. The van der Waals surface area contributed by atoms with Crippen LogP contribution in [0.2, 0.25) is 0 Å². The normalized spacial score (nSPS) is 33.1. The Kier molecular flexibility index (Phi) is 2.77. The molecule has 1 heterocycles. The number of likely N-dealkylation sites (tertiary alicyclic amines) is 1. The molecule has 80 valence electrons. The summed E-state index contributed by atoms with van der Waals surface area (Å²) in [6.45, 7) is 3.43. The zero-order chi connectivity index (χ0) is 10.1. The van der Waals surface area contributed by atoms with Crippen molar-refractivity contribution in [2.24, 2.45) is 11.8 Å². The van der Waals surface area contributed by atoms with Gasteiger partial charge >= 0.3 is 0 Å². The van der Waals surface area contributed by atoms with Crippen LogP contribution in [-0.4, -0.2) is 35.1 Å². The molecule has 0 spiro atoms. The molecule has 2 unspecified atom stereocenters. The van der Waals surface area contributed by atoms with Gasteiger partial charge in [-0.25, -0.2) is 0 Å². The van der Waals surface area contributed by atoms with E-state index in [1.165, 1.54) is 12.8 Å². The molecule has 2 atom stereocenters. The zero-order valence-corrected chi connectivity index (χ0v) is 8.78. The lowest BCUT2D eigenvalue weighted by atomic mass is 9.96. The topological polar surface area (TPSA) is 40.5 Å². The molecule has 1 saturated carbocycles. The number of aliphatic hydroxyl groups excluding tert-OH is 1. The average Bonchev–Trinajstić information content (AvgIpc) is 2.93. The van der Waals surface area contributed by atoms with Crippen molar-refractivity contribution in [3.8, 4) is 0 Å². The van der Waals surface area contributed by atoms with Crippen LogP contribution in [0.1, 0.15) is 32.6 Å². The highest BCUT2D eigenvalue weighted by Crippen LogP contribution is 2.33. The zero-order valence-electron chi connectivity index (χ0n) is 8.78. The molecule has 0 aromatic rings. The van der Waals surface area contributed by atoms with Gasteiger partial charge in [-0.2, -0.15) is 0 Å². The van der Waals surface area contributed by atoms with Crippen LogP contribution in [0.4, 0.5) is 0 Å². The van der Waals surface area contributed by atoms with E-state index in [1.807, 2.05) is 11.8 Å². The van der Waals surface area contributed by atoms with Gasteiger partial charge in [-0.15, -0.1) is 0 Å². The van der Waals surface area contributed by atoms with Crippen LogP contribution in [0.3, 0.4) is 0 Å². The first-order chi connectivity index (χ1) is 6.66. The van der Waals surface area contributed by atoms with E-state index < -0.39 is 0 Å². The van der Waals surface area contributed by atoms with E-state index in [0.717, 1.165) is 13.0 Å². The molecule has 1 saturated heterocycles. The van der Waals surface area contributed by atoms with E-state index in [4.69, 9.17) is 0 Å². The first-order valence-electron chi connectivity index (χ1n) is 5.62. The van der Waals surface area contributed by atoms with E-state index in [0.29, 0.717) is 24.8 Å². The van der Waals surface area contributed by atoms with Gasteiger partial charge in [0.25, 0.3) is 0 Å². The monoisotopic (exact) mass is 197 g/mol. The van der Waals surface area contributed by atoms with Crippen molar-refractivity contribution in [2.45, 2.75) is 38.7 Å². The van der Waals surface area contributed by atoms with Crippen molar-refractivity contribution in [3.05, 3.63) is 0 Å². The van der Waals surface area contributed by atoms with Crippen LogP contribution in [-0.2, 0) is 4.79 Å². The third kappa shape index (κ3) is 2.27. The van der Waals surface area contributed by atoms with Gasteiger partial charge < -0.3 is 10.0 Å². The van der Waals surface area contributed by atoms with Gasteiger partial charge in [-0.3, -0.25) is 4.79 Å². The first kappa shape index (κ1) is 9.97. The minimum atomic E-state index is -0.313. The molecule has 2 rings (SSSR count). The highest BCUT2D eigenvalue weighted by Gasteiger charge is 2.31. The number of amides is 1. The molecule has 14 heavy (non-hydrogen) atoms. The van der Waals surface area contributed by atoms with E-state index >= 15 is 0 Å². The maximum absolute atomic E-state index is 11.7. The second-order valence-corrected chi connectivity index (χ2v) is 4.82. The predicted octanol–water partition coefficient (Wildman–Crippen LogP) is 1.02. The van der Waals surface area contributed by atoms with E-state index in [2.05, 4.69) is 0 Å². The number of carbonyl (C=O) groups excluding carboxylic acids is 1. The van der Waals surface area contributed by atoms with Gasteiger partial charge in [0, 0.05) is 19.5 Å². The van der Waals surface area contributed by atoms with Crippen LogP contribution >= 0.6 is 0 Å². The summed E-state index contributed by atoms with van der Waals surface area (Å²) in [6, 6.07) is 0. The molecule has 3 nitrogen and oxygen atoms in total. The number of carbonyl (C=O) groups is 1. The van der Waals surface area contributed by atoms with Gasteiger partial charge in [0.1, 0.15) is 0 Å². The lowest BCUT2D eigenvalue weighted by Gasteiger charge is -2.34. The van der Waals surface area contributed by atoms with Crippen molar-refractivity contribution in [1.29, 1.82) is 0 Å². The van der Waals surface area contributed by atoms with Crippen LogP contribution in [0.15, 0.2) is 0 Å². The highest BCUT2D eigenvalue weighted by atomic mass is 16.3. The third-order valence-corrected chi connectivity index (χ3v) is 3.43. The van der Waals surface area contributed by atoms with Crippen molar-refractivity contribution in [2.75, 3.05) is 13.1 Å². The second-order valence-electron chi connectivity index (χ2n) is 4.82. The maximum atomic E-state index is 11.7. The smallest absolute Gasteiger partial charge is 0.222 e. The van der Waals surface area contributed by atoms with Gasteiger partial charge in [0.15, 0.2) is 0 Å². The Balaban J connectivity index is 1.82. The van der Waals surface area contributed by atoms with Crippen LogP contribution < -0.4 is 0 Å². The predicted molar refractivity (Wildman–Crippen MR) is 53.7 cm³/mol. The Bertz CT molecular complexity index is 225. The molecule has 2 aliphatic rings. The summed E-state index contributed by atoms with van der Waals surface area (Å²) in [6.07, 6.45) is 3.78. The molecular formula is C11H19NO2. The van der Waals surface area contributed by atoms with Crippen LogP contribution in [0.25, 0.3) is 0 Å². The van der Waals surface area contributed by atoms with Gasteiger partial charge in [0.05, 0.1) is 6.10 Å². The van der Waals surface area contributed by atoms with Gasteiger partial charge in [-0.1, -0.05) is 6.92 Å². The first-order valence-corrected chi connectivity index (χ1v) is 5.62. The minimum Gasteiger partial charge on any atom is -0.391 e. The van der Waals surface area contributed by atoms with Crippen molar-refractivity contribution >= 4 is 5.91 Å². The van der Waals surface area contributed by atoms with E-state index in [-0.39, 0.29) is 12.0 Å². The van der Waals surface area contributed by atoms with Gasteiger partial charge in [0.2, 0.25) is 5.91 Å². The Morgan fingerprint density at radius 1 is 1.43 bits per heavy atom. The summed E-state index contributed by atoms with van der Waals surface area (Å²) in [5.74, 6) is 1.25. The average molecular weight is 197 g/mol. The van der Waals surface area contributed by atoms with E-state index in [9.17, 15) is 9.90 Å². The third-order valence-electron chi connectivity index (χ3n) is 3.43. The van der Waals surface area contributed by atoms with Crippen molar-refractivity contribution in [1.82, 2.24) is 4.90 Å². The lowest BCUT2D eigenvalue weighted by molar-refractivity contribution is -0.135. The number of β-amino-alcohol motifs (C(OH)–C–C–N with tert-alkyl or cyclic N) is 1. The second kappa shape index (κ2) is 3.89. The summed E-state index contributed by atoms with van der Waals surface area (Å²) < 4.78 is 0. The molecule has 0 aromatic heterocycles. The maximum Gasteiger partial charge on any atom is 0.222 e. The molecule has 0 bridgehead atoms. The molecule has 1 aliphatic heterocycles. The molecule has 1 N–H and O–H groups in total. The quantitative estimate of drug-likeness (QED) is 0.718. The Morgan fingerprint density at radius 3 is 2.71 bits per heavy atom. The number of aliphatic hydroxyl groups is 1. The fourth-order valence-electron chi connectivity index (χ4n) is 1.97. The summed E-state index contributed by atoms with van der Waals surface area (Å²) in [7, 11) is 0. The SMILES string of the molecule is CC1CCN(C(=O)CC2CC2)CC1O. The molecular weight excluding hydrogens is 178 g/mol. The highest BCUT2D eigenvalue weighted by molar-refractivity contribution is 5.76.